The van der Waals surface area contributed by atoms with Crippen molar-refractivity contribution >= 4 is 0 Å². The maximum atomic E-state index is 6.64. The molecule has 0 aromatic rings. The van der Waals surface area contributed by atoms with Crippen LogP contribution < -0.4 is 5.73 Å². The fourth-order valence-electron chi connectivity index (χ4n) is 3.12. The summed E-state index contributed by atoms with van der Waals surface area (Å²) in [7, 11) is 0. The fraction of sp³-hybridized carbons (Fsp3) is 1.00. The highest BCUT2D eigenvalue weighted by atomic mass is 14.8. The van der Waals surface area contributed by atoms with Gasteiger partial charge in [-0.3, -0.25) is 0 Å². The summed E-state index contributed by atoms with van der Waals surface area (Å²) < 4.78 is 0. The quantitative estimate of drug-likeness (QED) is 0.668. The first kappa shape index (κ1) is 15.0. The van der Waals surface area contributed by atoms with Gasteiger partial charge in [-0.1, -0.05) is 60.8 Å². The maximum Gasteiger partial charge on any atom is 0.0205 e. The van der Waals surface area contributed by atoms with Crippen LogP contribution >= 0.6 is 0 Å². The van der Waals surface area contributed by atoms with Gasteiger partial charge in [0.25, 0.3) is 0 Å². The van der Waals surface area contributed by atoms with Crippen LogP contribution in [0.1, 0.15) is 73.6 Å². The molecule has 92 valence electrons. The van der Waals surface area contributed by atoms with Gasteiger partial charge < -0.3 is 5.73 Å². The largest absolute Gasteiger partial charge is 0.325 e. The van der Waals surface area contributed by atoms with Crippen LogP contribution in [0.2, 0.25) is 0 Å². The SMILES string of the molecule is CCCC(N)(CC)C(C)(C)C(CC)CC. The zero-order valence-corrected chi connectivity index (χ0v) is 11.7. The van der Waals surface area contributed by atoms with Crippen molar-refractivity contribution in [1.82, 2.24) is 0 Å². The topological polar surface area (TPSA) is 26.0 Å². The minimum atomic E-state index is 0.0123. The summed E-state index contributed by atoms with van der Waals surface area (Å²) in [5.41, 5.74) is 6.90. The van der Waals surface area contributed by atoms with Gasteiger partial charge in [-0.25, -0.2) is 0 Å². The lowest BCUT2D eigenvalue weighted by Crippen LogP contribution is -2.55. The van der Waals surface area contributed by atoms with Crippen molar-refractivity contribution in [2.24, 2.45) is 17.1 Å². The molecule has 0 spiro atoms. The second-order valence-corrected chi connectivity index (χ2v) is 5.49. The number of hydrogen-bond donors (Lipinski definition) is 1. The molecule has 1 heteroatoms. The van der Waals surface area contributed by atoms with E-state index in [1.165, 1.54) is 19.3 Å². The molecule has 1 atom stereocenters. The van der Waals surface area contributed by atoms with Crippen molar-refractivity contribution in [3.05, 3.63) is 0 Å². The second kappa shape index (κ2) is 5.89. The van der Waals surface area contributed by atoms with Crippen LogP contribution in [0.15, 0.2) is 0 Å². The van der Waals surface area contributed by atoms with Crippen LogP contribution in [0.4, 0.5) is 0 Å². The van der Waals surface area contributed by atoms with E-state index in [1.807, 2.05) is 0 Å². The monoisotopic (exact) mass is 213 g/mol. The summed E-state index contributed by atoms with van der Waals surface area (Å²) in [5.74, 6) is 0.744. The van der Waals surface area contributed by atoms with E-state index in [1.54, 1.807) is 0 Å². The number of nitrogens with two attached hydrogens (primary N) is 1. The van der Waals surface area contributed by atoms with E-state index in [0.29, 0.717) is 0 Å². The summed E-state index contributed by atoms with van der Waals surface area (Å²) in [6.07, 6.45) is 5.91. The molecule has 0 rings (SSSR count). The Morgan fingerprint density at radius 2 is 1.47 bits per heavy atom. The van der Waals surface area contributed by atoms with Crippen LogP contribution in [0, 0.1) is 11.3 Å². The highest BCUT2D eigenvalue weighted by Crippen LogP contribution is 2.44. The van der Waals surface area contributed by atoms with E-state index in [2.05, 4.69) is 41.5 Å². The molecule has 0 bridgehead atoms. The zero-order valence-electron chi connectivity index (χ0n) is 11.7. The molecule has 15 heavy (non-hydrogen) atoms. The van der Waals surface area contributed by atoms with Gasteiger partial charge in [0, 0.05) is 5.54 Å². The average molecular weight is 213 g/mol. The Balaban J connectivity index is 4.92. The van der Waals surface area contributed by atoms with Crippen LogP contribution in [0.25, 0.3) is 0 Å². The van der Waals surface area contributed by atoms with Gasteiger partial charge in [-0.2, -0.15) is 0 Å². The zero-order chi connectivity index (χ0) is 12.1. The highest BCUT2D eigenvalue weighted by Gasteiger charge is 2.43. The third-order valence-corrected chi connectivity index (χ3v) is 4.62. The van der Waals surface area contributed by atoms with Crippen LogP contribution in [0.3, 0.4) is 0 Å². The van der Waals surface area contributed by atoms with Gasteiger partial charge in [0.2, 0.25) is 0 Å². The lowest BCUT2D eigenvalue weighted by atomic mass is 9.60. The van der Waals surface area contributed by atoms with Crippen molar-refractivity contribution in [3.8, 4) is 0 Å². The highest BCUT2D eigenvalue weighted by molar-refractivity contribution is 4.99. The van der Waals surface area contributed by atoms with Crippen LogP contribution in [-0.4, -0.2) is 5.54 Å². The minimum absolute atomic E-state index is 0.0123. The van der Waals surface area contributed by atoms with Gasteiger partial charge in [-0.15, -0.1) is 0 Å². The lowest BCUT2D eigenvalue weighted by molar-refractivity contribution is 0.0644. The van der Waals surface area contributed by atoms with Crippen molar-refractivity contribution in [2.75, 3.05) is 0 Å². The molecule has 0 saturated carbocycles. The molecule has 0 fully saturated rings. The van der Waals surface area contributed by atoms with Gasteiger partial charge in [0.1, 0.15) is 0 Å². The van der Waals surface area contributed by atoms with E-state index in [0.717, 1.165) is 18.8 Å². The molecule has 2 N–H and O–H groups in total. The third kappa shape index (κ3) is 2.96. The van der Waals surface area contributed by atoms with E-state index in [4.69, 9.17) is 5.73 Å². The standard InChI is InChI=1S/C14H31N/c1-7-11-14(15,10-4)13(5,6)12(8-2)9-3/h12H,7-11,15H2,1-6H3. The van der Waals surface area contributed by atoms with Crippen molar-refractivity contribution < 1.29 is 0 Å². The molecule has 0 radical (unpaired) electrons. The van der Waals surface area contributed by atoms with E-state index in [-0.39, 0.29) is 11.0 Å². The predicted octanol–water partition coefficient (Wildman–Crippen LogP) is 4.36. The Hall–Kier alpha value is -0.0400. The number of rotatable bonds is 7. The Morgan fingerprint density at radius 1 is 1.00 bits per heavy atom. The van der Waals surface area contributed by atoms with E-state index in [9.17, 15) is 0 Å². The molecule has 1 unspecified atom stereocenters. The smallest absolute Gasteiger partial charge is 0.0205 e. The van der Waals surface area contributed by atoms with Crippen molar-refractivity contribution in [1.29, 1.82) is 0 Å². The van der Waals surface area contributed by atoms with Crippen LogP contribution in [-0.2, 0) is 0 Å². The van der Waals surface area contributed by atoms with E-state index >= 15 is 0 Å². The first-order valence-corrected chi connectivity index (χ1v) is 6.68. The Labute approximate surface area is 96.8 Å². The fourth-order valence-corrected chi connectivity index (χ4v) is 3.12. The summed E-state index contributed by atoms with van der Waals surface area (Å²) in [6, 6.07) is 0. The molecule has 0 aliphatic heterocycles. The summed E-state index contributed by atoms with van der Waals surface area (Å²) in [4.78, 5) is 0. The Bertz CT molecular complexity index is 170. The van der Waals surface area contributed by atoms with Crippen molar-refractivity contribution in [2.45, 2.75) is 79.2 Å². The second-order valence-electron chi connectivity index (χ2n) is 5.49. The van der Waals surface area contributed by atoms with E-state index < -0.39 is 0 Å². The molecule has 0 amide bonds. The first-order chi connectivity index (χ1) is 6.89. The molecule has 0 aliphatic carbocycles. The van der Waals surface area contributed by atoms with Gasteiger partial charge in [0.05, 0.1) is 0 Å². The molecule has 0 saturated heterocycles. The molecule has 0 heterocycles. The van der Waals surface area contributed by atoms with Gasteiger partial charge >= 0.3 is 0 Å². The third-order valence-electron chi connectivity index (χ3n) is 4.62. The number of hydrogen-bond acceptors (Lipinski definition) is 1. The molecular formula is C14H31N. The van der Waals surface area contributed by atoms with Gasteiger partial charge in [-0.05, 0) is 24.2 Å². The maximum absolute atomic E-state index is 6.64. The Kier molecular flexibility index (Phi) is 5.87. The Morgan fingerprint density at radius 3 is 1.73 bits per heavy atom. The molecule has 0 aromatic heterocycles. The summed E-state index contributed by atoms with van der Waals surface area (Å²) >= 11 is 0. The molecule has 0 aliphatic rings. The lowest BCUT2D eigenvalue weighted by Gasteiger charge is -2.48. The summed E-state index contributed by atoms with van der Waals surface area (Å²) in [6.45, 7) is 13.8. The minimum Gasteiger partial charge on any atom is -0.325 e. The van der Waals surface area contributed by atoms with Gasteiger partial charge in [0.15, 0.2) is 0 Å². The summed E-state index contributed by atoms with van der Waals surface area (Å²) in [5, 5.41) is 0. The van der Waals surface area contributed by atoms with Crippen LogP contribution in [0.5, 0.6) is 0 Å². The average Bonchev–Trinajstić information content (AvgIpc) is 2.19. The molecule has 0 aromatic carbocycles. The normalized spacial score (nSPS) is 16.8. The first-order valence-electron chi connectivity index (χ1n) is 6.68. The molecular weight excluding hydrogens is 182 g/mol. The van der Waals surface area contributed by atoms with Crippen molar-refractivity contribution in [3.63, 3.8) is 0 Å². The predicted molar refractivity (Wildman–Crippen MR) is 70.0 cm³/mol. The molecule has 1 nitrogen and oxygen atoms in total.